The van der Waals surface area contributed by atoms with E-state index in [4.69, 9.17) is 53.8 Å². The first-order chi connectivity index (χ1) is 16.9. The van der Waals surface area contributed by atoms with E-state index in [1.54, 1.807) is 12.1 Å². The SMILES string of the molecule is C[C@@H]1O[C@@H](O)[C@@H](OCc2ccc(Cl)cc2)[C@H](OCc2ccc(Cl)cc2)[C@@H]1OCc1ccc(Cl)cc1. The summed E-state index contributed by atoms with van der Waals surface area (Å²) in [5.74, 6) is 0. The van der Waals surface area contributed by atoms with Crippen molar-refractivity contribution in [2.24, 2.45) is 0 Å². The summed E-state index contributed by atoms with van der Waals surface area (Å²) in [5, 5.41) is 12.7. The predicted molar refractivity (Wildman–Crippen MR) is 137 cm³/mol. The van der Waals surface area contributed by atoms with Crippen LogP contribution in [0, 0.1) is 0 Å². The number of hydrogen-bond donors (Lipinski definition) is 1. The average molecular weight is 538 g/mol. The maximum absolute atomic E-state index is 10.8. The quantitative estimate of drug-likeness (QED) is 0.340. The first-order valence-corrected chi connectivity index (χ1v) is 12.4. The molecule has 186 valence electrons. The molecule has 4 rings (SSSR count). The Morgan fingerprint density at radius 1 is 0.600 bits per heavy atom. The first kappa shape index (κ1) is 26.4. The molecule has 1 saturated heterocycles. The summed E-state index contributed by atoms with van der Waals surface area (Å²) >= 11 is 18.0. The van der Waals surface area contributed by atoms with Crippen LogP contribution in [-0.4, -0.2) is 35.8 Å². The second kappa shape index (κ2) is 12.5. The average Bonchev–Trinajstić information content (AvgIpc) is 2.84. The Morgan fingerprint density at radius 3 is 1.34 bits per heavy atom. The Morgan fingerprint density at radius 2 is 0.943 bits per heavy atom. The zero-order valence-corrected chi connectivity index (χ0v) is 21.4. The standard InChI is InChI=1S/C27H27Cl3O5/c1-17-24(32-14-18-2-8-21(28)9-3-18)25(33-15-19-4-10-22(29)11-5-19)26(27(31)35-17)34-16-20-6-12-23(30)13-7-20/h2-13,17,24-27,31H,14-16H2,1H3/t17-,24+,25+,26-,27+/m0/s1. The second-order valence-corrected chi connectivity index (χ2v) is 9.75. The first-order valence-electron chi connectivity index (χ1n) is 11.3. The van der Waals surface area contributed by atoms with Crippen LogP contribution < -0.4 is 0 Å². The molecule has 3 aromatic carbocycles. The van der Waals surface area contributed by atoms with Gasteiger partial charge in [-0.3, -0.25) is 0 Å². The molecule has 3 aromatic rings. The van der Waals surface area contributed by atoms with Gasteiger partial charge in [0.05, 0.1) is 25.9 Å². The van der Waals surface area contributed by atoms with Crippen LogP contribution in [0.25, 0.3) is 0 Å². The lowest BCUT2D eigenvalue weighted by molar-refractivity contribution is -0.308. The molecule has 0 aliphatic carbocycles. The molecule has 0 radical (unpaired) electrons. The van der Waals surface area contributed by atoms with Crippen molar-refractivity contribution in [3.63, 3.8) is 0 Å². The van der Waals surface area contributed by atoms with Crippen LogP contribution in [0.3, 0.4) is 0 Å². The normalized spacial score (nSPS) is 24.4. The van der Waals surface area contributed by atoms with Gasteiger partial charge in [-0.2, -0.15) is 0 Å². The molecule has 1 N–H and O–H groups in total. The molecule has 0 saturated carbocycles. The van der Waals surface area contributed by atoms with Gasteiger partial charge in [-0.15, -0.1) is 0 Å². The molecule has 0 unspecified atom stereocenters. The number of benzene rings is 3. The third kappa shape index (κ3) is 7.42. The summed E-state index contributed by atoms with van der Waals surface area (Å²) in [6, 6.07) is 22.2. The Kier molecular flexibility index (Phi) is 9.45. The van der Waals surface area contributed by atoms with E-state index in [1.165, 1.54) is 0 Å². The Labute approximate surface area is 220 Å². The molecule has 5 atom stereocenters. The third-order valence-corrected chi connectivity index (χ3v) is 6.57. The van der Waals surface area contributed by atoms with Gasteiger partial charge in [0.15, 0.2) is 6.29 Å². The van der Waals surface area contributed by atoms with Gasteiger partial charge in [-0.25, -0.2) is 0 Å². The van der Waals surface area contributed by atoms with Crippen LogP contribution >= 0.6 is 34.8 Å². The fourth-order valence-corrected chi connectivity index (χ4v) is 4.29. The molecule has 0 bridgehead atoms. The monoisotopic (exact) mass is 536 g/mol. The van der Waals surface area contributed by atoms with E-state index in [9.17, 15) is 5.11 Å². The third-order valence-electron chi connectivity index (χ3n) is 5.81. The molecule has 5 nitrogen and oxygen atoms in total. The molecule has 1 aliphatic heterocycles. The smallest absolute Gasteiger partial charge is 0.184 e. The lowest BCUT2D eigenvalue weighted by atomic mass is 9.98. The lowest BCUT2D eigenvalue weighted by Gasteiger charge is -2.43. The Hall–Kier alpha value is -1.67. The lowest BCUT2D eigenvalue weighted by Crippen LogP contribution is -2.59. The van der Waals surface area contributed by atoms with Crippen LogP contribution in [0.15, 0.2) is 72.8 Å². The van der Waals surface area contributed by atoms with Gasteiger partial charge >= 0.3 is 0 Å². The molecular weight excluding hydrogens is 511 g/mol. The molecule has 1 aliphatic rings. The maximum atomic E-state index is 10.8. The van der Waals surface area contributed by atoms with Crippen molar-refractivity contribution < 1.29 is 24.1 Å². The van der Waals surface area contributed by atoms with Crippen LogP contribution in [0.2, 0.25) is 15.1 Å². The van der Waals surface area contributed by atoms with Gasteiger partial charge in [0.2, 0.25) is 0 Å². The molecule has 35 heavy (non-hydrogen) atoms. The fourth-order valence-electron chi connectivity index (χ4n) is 3.91. The van der Waals surface area contributed by atoms with E-state index in [-0.39, 0.29) is 6.61 Å². The second-order valence-electron chi connectivity index (χ2n) is 8.44. The number of aliphatic hydroxyl groups excluding tert-OH is 1. The Bertz CT molecular complexity index is 998. The highest BCUT2D eigenvalue weighted by molar-refractivity contribution is 6.31. The van der Waals surface area contributed by atoms with E-state index in [0.29, 0.717) is 28.3 Å². The van der Waals surface area contributed by atoms with Crippen molar-refractivity contribution in [2.75, 3.05) is 0 Å². The highest BCUT2D eigenvalue weighted by atomic mass is 35.5. The number of halogens is 3. The highest BCUT2D eigenvalue weighted by Gasteiger charge is 2.46. The minimum Gasteiger partial charge on any atom is -0.368 e. The highest BCUT2D eigenvalue weighted by Crippen LogP contribution is 2.29. The molecule has 1 fully saturated rings. The van der Waals surface area contributed by atoms with Crippen LogP contribution in [0.5, 0.6) is 0 Å². The minimum absolute atomic E-state index is 0.251. The topological polar surface area (TPSA) is 57.2 Å². The molecular formula is C27H27Cl3O5. The van der Waals surface area contributed by atoms with Crippen molar-refractivity contribution in [1.82, 2.24) is 0 Å². The van der Waals surface area contributed by atoms with Crippen LogP contribution in [0.1, 0.15) is 23.6 Å². The molecule has 0 amide bonds. The van der Waals surface area contributed by atoms with Crippen molar-refractivity contribution in [3.05, 3.63) is 105 Å². The maximum Gasteiger partial charge on any atom is 0.184 e. The van der Waals surface area contributed by atoms with E-state index in [0.717, 1.165) is 16.7 Å². The summed E-state index contributed by atoms with van der Waals surface area (Å²) in [5.41, 5.74) is 2.81. The van der Waals surface area contributed by atoms with Gasteiger partial charge < -0.3 is 24.1 Å². The van der Waals surface area contributed by atoms with Gasteiger partial charge in [-0.05, 0) is 60.0 Å². The summed E-state index contributed by atoms with van der Waals surface area (Å²) < 4.78 is 24.5. The van der Waals surface area contributed by atoms with Crippen molar-refractivity contribution in [3.8, 4) is 0 Å². The van der Waals surface area contributed by atoms with E-state index < -0.39 is 30.7 Å². The van der Waals surface area contributed by atoms with Gasteiger partial charge in [0.25, 0.3) is 0 Å². The van der Waals surface area contributed by atoms with Crippen molar-refractivity contribution in [1.29, 1.82) is 0 Å². The molecule has 0 aromatic heterocycles. The van der Waals surface area contributed by atoms with E-state index in [2.05, 4.69) is 0 Å². The van der Waals surface area contributed by atoms with Crippen molar-refractivity contribution in [2.45, 2.75) is 57.5 Å². The number of ether oxygens (including phenoxy) is 4. The van der Waals surface area contributed by atoms with Crippen LogP contribution in [0.4, 0.5) is 0 Å². The van der Waals surface area contributed by atoms with Gasteiger partial charge in [-0.1, -0.05) is 71.2 Å². The molecule has 0 spiro atoms. The van der Waals surface area contributed by atoms with Crippen LogP contribution in [-0.2, 0) is 38.8 Å². The summed E-state index contributed by atoms with van der Waals surface area (Å²) in [6.07, 6.45) is -3.46. The number of rotatable bonds is 9. The summed E-state index contributed by atoms with van der Waals surface area (Å²) in [6.45, 7) is 2.73. The zero-order valence-electron chi connectivity index (χ0n) is 19.2. The summed E-state index contributed by atoms with van der Waals surface area (Å²) in [7, 11) is 0. The fraction of sp³-hybridized carbons (Fsp3) is 0.333. The Balaban J connectivity index is 1.51. The van der Waals surface area contributed by atoms with E-state index >= 15 is 0 Å². The van der Waals surface area contributed by atoms with Crippen molar-refractivity contribution >= 4 is 34.8 Å². The molecule has 1 heterocycles. The zero-order chi connectivity index (χ0) is 24.8. The largest absolute Gasteiger partial charge is 0.368 e. The predicted octanol–water partition coefficient (Wildman–Crippen LogP) is 6.44. The summed E-state index contributed by atoms with van der Waals surface area (Å²) in [4.78, 5) is 0. The van der Waals surface area contributed by atoms with E-state index in [1.807, 2.05) is 67.6 Å². The number of hydrogen-bond acceptors (Lipinski definition) is 5. The minimum atomic E-state index is -1.18. The van der Waals surface area contributed by atoms with Gasteiger partial charge in [0, 0.05) is 15.1 Å². The van der Waals surface area contributed by atoms with Gasteiger partial charge in [0.1, 0.15) is 18.3 Å². The molecule has 8 heteroatoms. The number of aliphatic hydroxyl groups is 1.